The first kappa shape index (κ1) is 24.2. The fourth-order valence-electron chi connectivity index (χ4n) is 3.47. The van der Waals surface area contributed by atoms with Crippen LogP contribution >= 0.6 is 0 Å². The van der Waals surface area contributed by atoms with Crippen LogP contribution in [0.5, 0.6) is 5.75 Å². The predicted molar refractivity (Wildman–Crippen MR) is 127 cm³/mol. The molecule has 0 saturated heterocycles. The van der Waals surface area contributed by atoms with E-state index in [1.54, 1.807) is 25.1 Å². The van der Waals surface area contributed by atoms with Crippen molar-refractivity contribution in [1.82, 2.24) is 0 Å². The third-order valence-electron chi connectivity index (χ3n) is 5.39. The summed E-state index contributed by atoms with van der Waals surface area (Å²) in [6, 6.07) is 12.0. The highest BCUT2D eigenvalue weighted by molar-refractivity contribution is 5.92. The molecule has 3 rings (SSSR count). The van der Waals surface area contributed by atoms with Crippen LogP contribution in [0.4, 0.5) is 0 Å². The molecule has 1 heterocycles. The summed E-state index contributed by atoms with van der Waals surface area (Å²) >= 11 is 0. The molecule has 0 atom stereocenters. The molecule has 0 N–H and O–H groups in total. The second kappa shape index (κ2) is 10.0. The molecule has 0 aliphatic carbocycles. The van der Waals surface area contributed by atoms with Crippen LogP contribution in [0.15, 0.2) is 51.7 Å². The van der Waals surface area contributed by atoms with Crippen molar-refractivity contribution in [2.24, 2.45) is 0 Å². The van der Waals surface area contributed by atoms with E-state index in [2.05, 4.69) is 20.8 Å². The second-order valence-electron chi connectivity index (χ2n) is 9.14. The van der Waals surface area contributed by atoms with E-state index in [4.69, 9.17) is 13.9 Å². The predicted octanol–water partition coefficient (Wildman–Crippen LogP) is 5.50. The number of ether oxygens (including phenoxy) is 2. The van der Waals surface area contributed by atoms with Gasteiger partial charge in [-0.1, -0.05) is 39.8 Å². The van der Waals surface area contributed by atoms with Crippen molar-refractivity contribution in [3.05, 3.63) is 75.1 Å². The van der Waals surface area contributed by atoms with Crippen LogP contribution in [0.1, 0.15) is 67.6 Å². The molecule has 0 aliphatic heterocycles. The van der Waals surface area contributed by atoms with Gasteiger partial charge in [0.2, 0.25) is 0 Å². The van der Waals surface area contributed by atoms with Crippen LogP contribution in [0.3, 0.4) is 0 Å². The lowest BCUT2D eigenvalue weighted by Gasteiger charge is -2.19. The Labute approximate surface area is 193 Å². The van der Waals surface area contributed by atoms with Gasteiger partial charge in [-0.15, -0.1) is 0 Å². The van der Waals surface area contributed by atoms with Crippen molar-refractivity contribution in [3.63, 3.8) is 0 Å². The van der Waals surface area contributed by atoms with E-state index in [0.29, 0.717) is 29.7 Å². The molecule has 6 heteroatoms. The molecule has 0 aliphatic rings. The third kappa shape index (κ3) is 6.09. The molecule has 0 fully saturated rings. The number of aryl methyl sites for hydroxylation is 2. The van der Waals surface area contributed by atoms with Gasteiger partial charge >= 0.3 is 17.6 Å². The van der Waals surface area contributed by atoms with Gasteiger partial charge in [0.1, 0.15) is 11.3 Å². The summed E-state index contributed by atoms with van der Waals surface area (Å²) in [5.41, 5.74) is 2.72. The van der Waals surface area contributed by atoms with Gasteiger partial charge in [0, 0.05) is 23.9 Å². The molecule has 6 nitrogen and oxygen atoms in total. The number of benzene rings is 2. The number of fused-ring (bicyclic) bond motifs is 1. The Morgan fingerprint density at radius 1 is 1.03 bits per heavy atom. The first-order chi connectivity index (χ1) is 15.6. The van der Waals surface area contributed by atoms with E-state index in [-0.39, 0.29) is 23.6 Å². The largest absolute Gasteiger partial charge is 0.466 e. The highest BCUT2D eigenvalue weighted by Gasteiger charge is 2.18. The minimum atomic E-state index is -0.528. The Bertz CT molecular complexity index is 1210. The summed E-state index contributed by atoms with van der Waals surface area (Å²) < 4.78 is 16.2. The molecule has 0 unspecified atom stereocenters. The van der Waals surface area contributed by atoms with Crippen LogP contribution in [0, 0.1) is 6.92 Å². The number of carbonyl (C=O) groups is 2. The molecular weight excluding hydrogens is 420 g/mol. The second-order valence-corrected chi connectivity index (χ2v) is 9.14. The van der Waals surface area contributed by atoms with Gasteiger partial charge in [0.15, 0.2) is 0 Å². The zero-order chi connectivity index (χ0) is 24.2. The Morgan fingerprint density at radius 2 is 1.73 bits per heavy atom. The van der Waals surface area contributed by atoms with Crippen molar-refractivity contribution >= 4 is 22.9 Å². The average molecular weight is 451 g/mol. The summed E-state index contributed by atoms with van der Waals surface area (Å²) in [7, 11) is 0. The van der Waals surface area contributed by atoms with Crippen LogP contribution in [-0.4, -0.2) is 18.5 Å². The first-order valence-corrected chi connectivity index (χ1v) is 11.1. The van der Waals surface area contributed by atoms with E-state index in [0.717, 1.165) is 22.9 Å². The molecular formula is C27H30O6. The van der Waals surface area contributed by atoms with Gasteiger partial charge in [-0.25, -0.2) is 9.59 Å². The van der Waals surface area contributed by atoms with Crippen LogP contribution in [-0.2, 0) is 21.4 Å². The molecule has 0 radical (unpaired) electrons. The standard InChI is InChI=1S/C27H30O6/c1-6-13-31-24(28)12-9-19-15-21-17(2)14-25(29)32-23(21)16-22(19)33-26(30)18-7-10-20(11-8-18)27(3,4)5/h7-8,10-11,14-16H,6,9,12-13H2,1-5H3. The van der Waals surface area contributed by atoms with E-state index in [9.17, 15) is 14.4 Å². The van der Waals surface area contributed by atoms with Gasteiger partial charge in [-0.2, -0.15) is 0 Å². The average Bonchev–Trinajstić information content (AvgIpc) is 2.75. The quantitative estimate of drug-likeness (QED) is 0.268. The summed E-state index contributed by atoms with van der Waals surface area (Å²) in [4.78, 5) is 36.7. The van der Waals surface area contributed by atoms with E-state index in [1.807, 2.05) is 19.1 Å². The van der Waals surface area contributed by atoms with Crippen LogP contribution < -0.4 is 10.4 Å². The minimum Gasteiger partial charge on any atom is -0.466 e. The Balaban J connectivity index is 1.92. The van der Waals surface area contributed by atoms with Crippen molar-refractivity contribution < 1.29 is 23.5 Å². The highest BCUT2D eigenvalue weighted by atomic mass is 16.5. The van der Waals surface area contributed by atoms with E-state index < -0.39 is 11.6 Å². The molecule has 2 aromatic carbocycles. The zero-order valence-corrected chi connectivity index (χ0v) is 19.8. The van der Waals surface area contributed by atoms with Crippen molar-refractivity contribution in [2.75, 3.05) is 6.61 Å². The van der Waals surface area contributed by atoms with Gasteiger partial charge in [-0.05, 0) is 60.1 Å². The molecule has 0 bridgehead atoms. The lowest BCUT2D eigenvalue weighted by molar-refractivity contribution is -0.143. The number of esters is 2. The van der Waals surface area contributed by atoms with Crippen LogP contribution in [0.2, 0.25) is 0 Å². The van der Waals surface area contributed by atoms with Crippen molar-refractivity contribution in [2.45, 2.75) is 59.3 Å². The summed E-state index contributed by atoms with van der Waals surface area (Å²) in [6.45, 7) is 10.4. The smallest absolute Gasteiger partial charge is 0.343 e. The van der Waals surface area contributed by atoms with Crippen LogP contribution in [0.25, 0.3) is 11.0 Å². The van der Waals surface area contributed by atoms with E-state index >= 15 is 0 Å². The number of rotatable bonds is 7. The number of hydrogen-bond donors (Lipinski definition) is 0. The SMILES string of the molecule is CCCOC(=O)CCc1cc2c(C)cc(=O)oc2cc1OC(=O)c1ccc(C(C)(C)C)cc1. The Morgan fingerprint density at radius 3 is 2.36 bits per heavy atom. The number of carbonyl (C=O) groups excluding carboxylic acids is 2. The Kier molecular flexibility index (Phi) is 7.36. The first-order valence-electron chi connectivity index (χ1n) is 11.1. The zero-order valence-electron chi connectivity index (χ0n) is 19.8. The lowest BCUT2D eigenvalue weighted by Crippen LogP contribution is -2.14. The molecule has 174 valence electrons. The molecule has 3 aromatic rings. The monoisotopic (exact) mass is 450 g/mol. The fourth-order valence-corrected chi connectivity index (χ4v) is 3.47. The van der Waals surface area contributed by atoms with Crippen molar-refractivity contribution in [1.29, 1.82) is 0 Å². The lowest BCUT2D eigenvalue weighted by atomic mass is 9.87. The van der Waals surface area contributed by atoms with Crippen molar-refractivity contribution in [3.8, 4) is 5.75 Å². The summed E-state index contributed by atoms with van der Waals surface area (Å²) in [5.74, 6) is -0.590. The maximum absolute atomic E-state index is 12.9. The normalized spacial score (nSPS) is 11.4. The molecule has 1 aromatic heterocycles. The molecule has 0 amide bonds. The van der Waals surface area contributed by atoms with Gasteiger partial charge in [-0.3, -0.25) is 4.79 Å². The Hall–Kier alpha value is -3.41. The number of hydrogen-bond acceptors (Lipinski definition) is 6. The maximum atomic E-state index is 12.9. The summed E-state index contributed by atoms with van der Waals surface area (Å²) in [6.07, 6.45) is 1.21. The van der Waals surface area contributed by atoms with Gasteiger partial charge in [0.25, 0.3) is 0 Å². The van der Waals surface area contributed by atoms with Gasteiger partial charge in [0.05, 0.1) is 12.2 Å². The topological polar surface area (TPSA) is 82.8 Å². The minimum absolute atomic E-state index is 0.0320. The maximum Gasteiger partial charge on any atom is 0.343 e. The van der Waals surface area contributed by atoms with E-state index in [1.165, 1.54) is 12.1 Å². The molecule has 33 heavy (non-hydrogen) atoms. The molecule has 0 spiro atoms. The van der Waals surface area contributed by atoms with Gasteiger partial charge < -0.3 is 13.9 Å². The molecule has 0 saturated carbocycles. The third-order valence-corrected chi connectivity index (χ3v) is 5.39. The summed E-state index contributed by atoms with van der Waals surface area (Å²) in [5, 5.41) is 0.723. The fraction of sp³-hybridized carbons (Fsp3) is 0.370. The highest BCUT2D eigenvalue weighted by Crippen LogP contribution is 2.29.